The molecule has 0 radical (unpaired) electrons. The molecule has 0 saturated carbocycles. The van der Waals surface area contributed by atoms with E-state index in [9.17, 15) is 9.18 Å². The SMILES string of the molecule is COCC1(C(=O)NCC(C)(C)c2cccc(F)c2)CCNCC1.Cl. The highest BCUT2D eigenvalue weighted by atomic mass is 35.5. The predicted octanol–water partition coefficient (Wildman–Crippen LogP) is 2.66. The number of ether oxygens (including phenoxy) is 1. The first kappa shape index (κ1) is 20.9. The zero-order valence-electron chi connectivity index (χ0n) is 14.7. The van der Waals surface area contributed by atoms with Crippen molar-refractivity contribution in [2.24, 2.45) is 5.41 Å². The Balaban J connectivity index is 0.00000288. The summed E-state index contributed by atoms with van der Waals surface area (Å²) in [4.78, 5) is 12.8. The lowest BCUT2D eigenvalue weighted by Crippen LogP contribution is -2.52. The predicted molar refractivity (Wildman–Crippen MR) is 96.1 cm³/mol. The van der Waals surface area contributed by atoms with Crippen LogP contribution < -0.4 is 10.6 Å². The van der Waals surface area contributed by atoms with E-state index >= 15 is 0 Å². The Labute approximate surface area is 149 Å². The molecule has 1 amide bonds. The van der Waals surface area contributed by atoms with E-state index in [0.717, 1.165) is 31.5 Å². The highest BCUT2D eigenvalue weighted by Gasteiger charge is 2.40. The van der Waals surface area contributed by atoms with Gasteiger partial charge in [0.2, 0.25) is 5.91 Å². The number of benzene rings is 1. The number of carbonyl (C=O) groups is 1. The first-order valence-corrected chi connectivity index (χ1v) is 8.14. The van der Waals surface area contributed by atoms with Gasteiger partial charge in [0.05, 0.1) is 12.0 Å². The summed E-state index contributed by atoms with van der Waals surface area (Å²) in [7, 11) is 1.63. The Morgan fingerprint density at radius 3 is 2.62 bits per heavy atom. The number of carbonyl (C=O) groups excluding carboxylic acids is 1. The third kappa shape index (κ3) is 4.91. The molecule has 2 N–H and O–H groups in total. The lowest BCUT2D eigenvalue weighted by atomic mass is 9.78. The van der Waals surface area contributed by atoms with Crippen LogP contribution in [0.15, 0.2) is 24.3 Å². The minimum Gasteiger partial charge on any atom is -0.384 e. The Morgan fingerprint density at radius 2 is 2.04 bits per heavy atom. The highest BCUT2D eigenvalue weighted by molar-refractivity contribution is 5.85. The highest BCUT2D eigenvalue weighted by Crippen LogP contribution is 2.30. The van der Waals surface area contributed by atoms with Crippen molar-refractivity contribution in [3.63, 3.8) is 0 Å². The van der Waals surface area contributed by atoms with Crippen molar-refractivity contribution in [1.82, 2.24) is 10.6 Å². The van der Waals surface area contributed by atoms with Crippen molar-refractivity contribution in [3.8, 4) is 0 Å². The number of halogens is 2. The summed E-state index contributed by atoms with van der Waals surface area (Å²) in [6.07, 6.45) is 1.54. The van der Waals surface area contributed by atoms with Crippen LogP contribution in [0, 0.1) is 11.2 Å². The summed E-state index contributed by atoms with van der Waals surface area (Å²) in [5.74, 6) is -0.221. The average molecular weight is 359 g/mol. The summed E-state index contributed by atoms with van der Waals surface area (Å²) in [5.41, 5.74) is 0.0839. The van der Waals surface area contributed by atoms with Gasteiger partial charge >= 0.3 is 0 Å². The van der Waals surface area contributed by atoms with Gasteiger partial charge in [-0.05, 0) is 43.6 Å². The van der Waals surface area contributed by atoms with Gasteiger partial charge in [0.25, 0.3) is 0 Å². The second-order valence-corrected chi connectivity index (χ2v) is 7.04. The number of amides is 1. The zero-order chi connectivity index (χ0) is 16.9. The Morgan fingerprint density at radius 1 is 1.38 bits per heavy atom. The van der Waals surface area contributed by atoms with Gasteiger partial charge in [0.1, 0.15) is 5.82 Å². The molecule has 1 aliphatic rings. The summed E-state index contributed by atoms with van der Waals surface area (Å²) in [5, 5.41) is 6.35. The van der Waals surface area contributed by atoms with Gasteiger partial charge in [-0.2, -0.15) is 0 Å². The van der Waals surface area contributed by atoms with Crippen LogP contribution in [0.5, 0.6) is 0 Å². The topological polar surface area (TPSA) is 50.4 Å². The number of hydrogen-bond acceptors (Lipinski definition) is 3. The number of rotatable bonds is 6. The van der Waals surface area contributed by atoms with Crippen LogP contribution in [0.2, 0.25) is 0 Å². The van der Waals surface area contributed by atoms with E-state index in [1.54, 1.807) is 13.2 Å². The van der Waals surface area contributed by atoms with E-state index in [2.05, 4.69) is 10.6 Å². The zero-order valence-corrected chi connectivity index (χ0v) is 15.5. The summed E-state index contributed by atoms with van der Waals surface area (Å²) < 4.78 is 18.7. The molecule has 0 bridgehead atoms. The number of methoxy groups -OCH3 is 1. The van der Waals surface area contributed by atoms with Gasteiger partial charge in [-0.15, -0.1) is 12.4 Å². The lowest BCUT2D eigenvalue weighted by Gasteiger charge is -2.36. The fourth-order valence-electron chi connectivity index (χ4n) is 3.12. The molecule has 0 atom stereocenters. The van der Waals surface area contributed by atoms with E-state index in [0.29, 0.717) is 13.2 Å². The Kier molecular flexibility index (Phi) is 7.64. The molecule has 4 nitrogen and oxygen atoms in total. The summed E-state index contributed by atoms with van der Waals surface area (Å²) >= 11 is 0. The molecule has 0 aromatic heterocycles. The van der Waals surface area contributed by atoms with Crippen LogP contribution >= 0.6 is 12.4 Å². The molecule has 6 heteroatoms. The Hall–Kier alpha value is -1.17. The van der Waals surface area contributed by atoms with Gasteiger partial charge in [0.15, 0.2) is 0 Å². The summed E-state index contributed by atoms with van der Waals surface area (Å²) in [6.45, 7) is 6.56. The normalized spacial score (nSPS) is 17.0. The fourth-order valence-corrected chi connectivity index (χ4v) is 3.12. The fraction of sp³-hybridized carbons (Fsp3) is 0.611. The monoisotopic (exact) mass is 358 g/mol. The first-order valence-electron chi connectivity index (χ1n) is 8.14. The quantitative estimate of drug-likeness (QED) is 0.822. The van der Waals surface area contributed by atoms with Crippen molar-refractivity contribution < 1.29 is 13.9 Å². The van der Waals surface area contributed by atoms with Gasteiger partial charge < -0.3 is 15.4 Å². The third-order valence-corrected chi connectivity index (χ3v) is 4.76. The first-order chi connectivity index (χ1) is 10.9. The summed E-state index contributed by atoms with van der Waals surface area (Å²) in [6, 6.07) is 6.56. The van der Waals surface area contributed by atoms with E-state index in [1.807, 2.05) is 19.9 Å². The largest absolute Gasteiger partial charge is 0.384 e. The van der Waals surface area contributed by atoms with Gasteiger partial charge in [-0.25, -0.2) is 4.39 Å². The number of piperidine rings is 1. The number of nitrogens with one attached hydrogen (secondary N) is 2. The molecule has 1 fully saturated rings. The lowest BCUT2D eigenvalue weighted by molar-refractivity contribution is -0.136. The number of hydrogen-bond donors (Lipinski definition) is 2. The molecule has 1 aromatic rings. The van der Waals surface area contributed by atoms with Crippen molar-refractivity contribution in [2.75, 3.05) is 33.4 Å². The molecule has 24 heavy (non-hydrogen) atoms. The van der Waals surface area contributed by atoms with Crippen molar-refractivity contribution in [3.05, 3.63) is 35.6 Å². The molecule has 0 aliphatic carbocycles. The van der Waals surface area contributed by atoms with Gasteiger partial charge in [-0.3, -0.25) is 4.79 Å². The Bertz CT molecular complexity index is 540. The van der Waals surface area contributed by atoms with Crippen LogP contribution in [0.4, 0.5) is 4.39 Å². The van der Waals surface area contributed by atoms with Crippen molar-refractivity contribution >= 4 is 18.3 Å². The molecule has 1 aromatic carbocycles. The smallest absolute Gasteiger partial charge is 0.228 e. The van der Waals surface area contributed by atoms with E-state index in [4.69, 9.17) is 4.74 Å². The molecular formula is C18H28ClFN2O2. The molecule has 1 heterocycles. The molecule has 1 saturated heterocycles. The second-order valence-electron chi connectivity index (χ2n) is 7.04. The van der Waals surface area contributed by atoms with E-state index in [1.165, 1.54) is 12.1 Å². The minimum absolute atomic E-state index is 0. The van der Waals surface area contributed by atoms with Crippen LogP contribution in [-0.4, -0.2) is 39.3 Å². The molecule has 0 spiro atoms. The molecule has 0 unspecified atom stereocenters. The average Bonchev–Trinajstić information content (AvgIpc) is 2.54. The molecule has 2 rings (SSSR count). The van der Waals surface area contributed by atoms with E-state index in [-0.39, 0.29) is 29.5 Å². The standard InChI is InChI=1S/C18H27FN2O2.ClH/c1-17(2,14-5-4-6-15(19)11-14)12-21-16(22)18(13-23-3)7-9-20-10-8-18;/h4-6,11,20H,7-10,12-13H2,1-3H3,(H,21,22);1H. The van der Waals surface area contributed by atoms with Gasteiger partial charge in [-0.1, -0.05) is 26.0 Å². The van der Waals surface area contributed by atoms with Crippen molar-refractivity contribution in [1.29, 1.82) is 0 Å². The maximum Gasteiger partial charge on any atom is 0.228 e. The third-order valence-electron chi connectivity index (χ3n) is 4.76. The maximum absolute atomic E-state index is 13.4. The van der Waals surface area contributed by atoms with Crippen LogP contribution in [0.1, 0.15) is 32.3 Å². The molecular weight excluding hydrogens is 331 g/mol. The minimum atomic E-state index is -0.460. The molecule has 1 aliphatic heterocycles. The van der Waals surface area contributed by atoms with Crippen LogP contribution in [0.3, 0.4) is 0 Å². The second kappa shape index (κ2) is 8.79. The van der Waals surface area contributed by atoms with Gasteiger partial charge in [0, 0.05) is 19.1 Å². The van der Waals surface area contributed by atoms with Crippen LogP contribution in [0.25, 0.3) is 0 Å². The molecule has 136 valence electrons. The maximum atomic E-state index is 13.4. The van der Waals surface area contributed by atoms with Crippen molar-refractivity contribution in [2.45, 2.75) is 32.1 Å². The van der Waals surface area contributed by atoms with Crippen LogP contribution in [-0.2, 0) is 14.9 Å². The van der Waals surface area contributed by atoms with E-state index < -0.39 is 5.41 Å².